The third-order valence-electron chi connectivity index (χ3n) is 6.37. The third kappa shape index (κ3) is 7.61. The number of aliphatic imine (C=N–C) groups is 1. The number of nitrogens with one attached hydrogen (secondary N) is 1. The topological polar surface area (TPSA) is 96.1 Å². The number of rotatable bonds is 9. The van der Waals surface area contributed by atoms with Crippen LogP contribution in [0.3, 0.4) is 0 Å². The largest absolute Gasteiger partial charge is 0.423 e. The highest BCUT2D eigenvalue weighted by Crippen LogP contribution is 2.24. The van der Waals surface area contributed by atoms with Crippen LogP contribution >= 0.6 is 0 Å². The summed E-state index contributed by atoms with van der Waals surface area (Å²) in [5, 5.41) is 3.15. The molecule has 38 heavy (non-hydrogen) atoms. The van der Waals surface area contributed by atoms with Crippen LogP contribution < -0.4 is 15.8 Å². The Labute approximate surface area is 224 Å². The van der Waals surface area contributed by atoms with Gasteiger partial charge >= 0.3 is 5.97 Å². The van der Waals surface area contributed by atoms with Crippen LogP contribution in [0.2, 0.25) is 0 Å². The second-order valence-electron chi connectivity index (χ2n) is 9.36. The van der Waals surface area contributed by atoms with Crippen molar-refractivity contribution < 1.29 is 9.53 Å². The van der Waals surface area contributed by atoms with Crippen LogP contribution in [-0.4, -0.2) is 60.2 Å². The van der Waals surface area contributed by atoms with Gasteiger partial charge in [-0.2, -0.15) is 0 Å². The molecule has 8 nitrogen and oxygen atoms in total. The SMILES string of the molecule is C=C(N=C/C=C(\N)c1cccnc1)Nc1cc(OC(=O)c2ccc(CN3CCN(C)CC3)cc2)ccc1C. The Kier molecular flexibility index (Phi) is 9.02. The van der Waals surface area contributed by atoms with Crippen molar-refractivity contribution in [3.8, 4) is 5.75 Å². The predicted molar refractivity (Wildman–Crippen MR) is 153 cm³/mol. The fraction of sp³-hybridized carbons (Fsp3) is 0.233. The number of aryl methyl sites for hydroxylation is 1. The van der Waals surface area contributed by atoms with Crippen molar-refractivity contribution in [3.05, 3.63) is 108 Å². The van der Waals surface area contributed by atoms with E-state index in [4.69, 9.17) is 10.5 Å². The maximum Gasteiger partial charge on any atom is 0.343 e. The number of carbonyl (C=O) groups excluding carboxylic acids is 1. The highest BCUT2D eigenvalue weighted by Gasteiger charge is 2.15. The van der Waals surface area contributed by atoms with Crippen molar-refractivity contribution in [3.63, 3.8) is 0 Å². The van der Waals surface area contributed by atoms with Gasteiger partial charge in [0, 0.05) is 74.3 Å². The Balaban J connectivity index is 1.33. The van der Waals surface area contributed by atoms with Crippen LogP contribution in [-0.2, 0) is 6.54 Å². The molecule has 1 aliphatic heterocycles. The second kappa shape index (κ2) is 12.8. The average molecular weight is 511 g/mol. The smallest absolute Gasteiger partial charge is 0.343 e. The molecule has 0 aliphatic carbocycles. The quantitative estimate of drug-likeness (QED) is 0.252. The monoisotopic (exact) mass is 510 g/mol. The normalized spacial score (nSPS) is 14.9. The summed E-state index contributed by atoms with van der Waals surface area (Å²) in [6.45, 7) is 11.0. The van der Waals surface area contributed by atoms with Gasteiger partial charge in [-0.05, 0) is 61.5 Å². The molecule has 196 valence electrons. The van der Waals surface area contributed by atoms with Gasteiger partial charge in [0.15, 0.2) is 0 Å². The molecule has 1 aromatic heterocycles. The van der Waals surface area contributed by atoms with Crippen molar-refractivity contribution >= 4 is 23.6 Å². The number of aromatic nitrogens is 1. The second-order valence-corrected chi connectivity index (χ2v) is 9.36. The Morgan fingerprint density at radius 2 is 1.89 bits per heavy atom. The van der Waals surface area contributed by atoms with E-state index in [1.54, 1.807) is 36.8 Å². The summed E-state index contributed by atoms with van der Waals surface area (Å²) in [5.41, 5.74) is 10.8. The first-order chi connectivity index (χ1) is 18.4. The molecule has 1 fully saturated rings. The molecule has 1 saturated heterocycles. The van der Waals surface area contributed by atoms with E-state index in [0.29, 0.717) is 22.8 Å². The summed E-state index contributed by atoms with van der Waals surface area (Å²) in [7, 11) is 2.15. The first-order valence-corrected chi connectivity index (χ1v) is 12.6. The number of esters is 1. The number of nitrogens with zero attached hydrogens (tertiary/aromatic N) is 4. The van der Waals surface area contributed by atoms with Crippen LogP contribution in [0, 0.1) is 6.92 Å². The summed E-state index contributed by atoms with van der Waals surface area (Å²) in [6.07, 6.45) is 6.64. The highest BCUT2D eigenvalue weighted by atomic mass is 16.5. The molecule has 3 aromatic rings. The molecular weight excluding hydrogens is 476 g/mol. The molecule has 0 unspecified atom stereocenters. The summed E-state index contributed by atoms with van der Waals surface area (Å²) in [5.74, 6) is 0.448. The van der Waals surface area contributed by atoms with Gasteiger partial charge in [-0.1, -0.05) is 24.8 Å². The number of anilines is 1. The number of likely N-dealkylation sites (N-methyl/N-ethyl adjacent to an activating group) is 1. The maximum absolute atomic E-state index is 12.8. The van der Waals surface area contributed by atoms with E-state index in [0.717, 1.165) is 49.5 Å². The van der Waals surface area contributed by atoms with E-state index in [9.17, 15) is 4.79 Å². The molecule has 0 saturated carbocycles. The van der Waals surface area contributed by atoms with Gasteiger partial charge < -0.3 is 20.7 Å². The molecule has 0 spiro atoms. The molecule has 8 heteroatoms. The zero-order valence-electron chi connectivity index (χ0n) is 21.9. The van der Waals surface area contributed by atoms with Crippen molar-refractivity contribution in [1.82, 2.24) is 14.8 Å². The van der Waals surface area contributed by atoms with Crippen LogP contribution in [0.5, 0.6) is 5.75 Å². The number of pyridine rings is 1. The fourth-order valence-electron chi connectivity index (χ4n) is 4.00. The lowest BCUT2D eigenvalue weighted by molar-refractivity contribution is 0.0735. The average Bonchev–Trinajstić information content (AvgIpc) is 2.92. The van der Waals surface area contributed by atoms with Gasteiger partial charge in [0.25, 0.3) is 0 Å². The minimum atomic E-state index is -0.404. The zero-order chi connectivity index (χ0) is 26.9. The Hall–Kier alpha value is -4.27. The summed E-state index contributed by atoms with van der Waals surface area (Å²) in [6, 6.07) is 16.7. The number of nitrogens with two attached hydrogens (primary N) is 1. The van der Waals surface area contributed by atoms with E-state index in [-0.39, 0.29) is 0 Å². The van der Waals surface area contributed by atoms with Gasteiger partial charge in [-0.25, -0.2) is 9.79 Å². The molecule has 2 heterocycles. The van der Waals surface area contributed by atoms with Crippen LogP contribution in [0.1, 0.15) is 27.0 Å². The third-order valence-corrected chi connectivity index (χ3v) is 6.37. The molecule has 1 aliphatic rings. The zero-order valence-corrected chi connectivity index (χ0v) is 21.9. The molecule has 0 radical (unpaired) electrons. The van der Waals surface area contributed by atoms with Crippen molar-refractivity contribution in [2.75, 3.05) is 38.5 Å². The first kappa shape index (κ1) is 26.8. The van der Waals surface area contributed by atoms with Crippen molar-refractivity contribution in [2.45, 2.75) is 13.5 Å². The van der Waals surface area contributed by atoms with Gasteiger partial charge in [0.05, 0.1) is 5.56 Å². The Bertz CT molecular complexity index is 1310. The van der Waals surface area contributed by atoms with Gasteiger partial charge in [0.1, 0.15) is 11.6 Å². The summed E-state index contributed by atoms with van der Waals surface area (Å²) in [4.78, 5) is 25.9. The van der Waals surface area contributed by atoms with E-state index < -0.39 is 5.97 Å². The number of benzene rings is 2. The van der Waals surface area contributed by atoms with E-state index >= 15 is 0 Å². The summed E-state index contributed by atoms with van der Waals surface area (Å²) >= 11 is 0. The highest BCUT2D eigenvalue weighted by molar-refractivity contribution is 5.91. The van der Waals surface area contributed by atoms with E-state index in [1.807, 2.05) is 49.4 Å². The molecular formula is C30H34N6O2. The molecule has 0 atom stereocenters. The lowest BCUT2D eigenvalue weighted by Gasteiger charge is -2.32. The van der Waals surface area contributed by atoms with E-state index in [2.05, 4.69) is 38.7 Å². The Morgan fingerprint density at radius 3 is 2.61 bits per heavy atom. The Morgan fingerprint density at radius 1 is 1.13 bits per heavy atom. The number of hydrogen-bond acceptors (Lipinski definition) is 8. The number of hydrogen-bond donors (Lipinski definition) is 2. The van der Waals surface area contributed by atoms with E-state index in [1.165, 1.54) is 5.56 Å². The molecule has 4 rings (SSSR count). The van der Waals surface area contributed by atoms with Gasteiger partial charge in [-0.15, -0.1) is 0 Å². The molecule has 0 amide bonds. The van der Waals surface area contributed by atoms with Crippen LogP contribution in [0.15, 0.2) is 90.5 Å². The van der Waals surface area contributed by atoms with Gasteiger partial charge in [-0.3, -0.25) is 9.88 Å². The number of allylic oxidation sites excluding steroid dienone is 1. The van der Waals surface area contributed by atoms with Crippen molar-refractivity contribution in [1.29, 1.82) is 0 Å². The van der Waals surface area contributed by atoms with Crippen LogP contribution in [0.4, 0.5) is 5.69 Å². The van der Waals surface area contributed by atoms with Gasteiger partial charge in [0.2, 0.25) is 0 Å². The number of piperazine rings is 1. The standard InChI is InChI=1S/C30H34N6O2/c1-22-6-11-27(19-29(22)34-23(2)33-14-12-28(31)26-5-4-13-32-20-26)38-30(37)25-9-7-24(8-10-25)21-36-17-15-35(3)16-18-36/h4-14,19-20,34H,2,15-18,21,31H2,1,3H3/b28-12-,33-14?. The number of carbonyl (C=O) groups is 1. The fourth-order valence-corrected chi connectivity index (χ4v) is 4.00. The molecule has 0 bridgehead atoms. The number of ether oxygens (including phenoxy) is 1. The van der Waals surface area contributed by atoms with Crippen LogP contribution in [0.25, 0.3) is 5.70 Å². The lowest BCUT2D eigenvalue weighted by Crippen LogP contribution is -2.43. The molecule has 3 N–H and O–H groups in total. The first-order valence-electron chi connectivity index (χ1n) is 12.6. The summed E-state index contributed by atoms with van der Waals surface area (Å²) < 4.78 is 5.65. The predicted octanol–water partition coefficient (Wildman–Crippen LogP) is 4.31. The minimum absolute atomic E-state index is 0.404. The van der Waals surface area contributed by atoms with Crippen molar-refractivity contribution in [2.24, 2.45) is 10.7 Å². The molecule has 2 aromatic carbocycles. The lowest BCUT2D eigenvalue weighted by atomic mass is 10.1. The maximum atomic E-state index is 12.8. The minimum Gasteiger partial charge on any atom is -0.423 e.